The van der Waals surface area contributed by atoms with Crippen LogP contribution in [0, 0.1) is 24.7 Å². The van der Waals surface area contributed by atoms with Crippen molar-refractivity contribution >= 4 is 40.5 Å². The lowest BCUT2D eigenvalue weighted by molar-refractivity contribution is 0.0264. The second kappa shape index (κ2) is 10.4. The van der Waals surface area contributed by atoms with Gasteiger partial charge < -0.3 is 9.64 Å². The van der Waals surface area contributed by atoms with Crippen LogP contribution in [0.15, 0.2) is 52.8 Å². The molecule has 2 fully saturated rings. The van der Waals surface area contributed by atoms with E-state index in [0.717, 1.165) is 16.6 Å². The molecule has 6 rings (SSSR count). The van der Waals surface area contributed by atoms with Crippen molar-refractivity contribution in [3.63, 3.8) is 0 Å². The van der Waals surface area contributed by atoms with Crippen LogP contribution in [0.5, 0.6) is 0 Å². The van der Waals surface area contributed by atoms with Gasteiger partial charge in [0.15, 0.2) is 5.16 Å². The Morgan fingerprint density at radius 3 is 2.51 bits per heavy atom. The van der Waals surface area contributed by atoms with Crippen LogP contribution in [0.4, 0.5) is 4.79 Å². The third kappa shape index (κ3) is 5.42. The predicted molar refractivity (Wildman–Crippen MR) is 160 cm³/mol. The normalized spacial score (nSPS) is 19.9. The SMILES string of the molecule is CSc1ncc2cc(-c3ccc(-c4cncc(C)n4)cc3Cl)c(=O)n(CC3[C@H]4CN(C(=O)OC(C)(C)C)C[C@@H]34)c2n1. The van der Waals surface area contributed by atoms with Crippen LogP contribution in [0.3, 0.4) is 0 Å². The van der Waals surface area contributed by atoms with Crippen LogP contribution in [0.25, 0.3) is 33.4 Å². The van der Waals surface area contributed by atoms with Crippen LogP contribution < -0.4 is 5.56 Å². The van der Waals surface area contributed by atoms with E-state index in [1.54, 1.807) is 28.1 Å². The summed E-state index contributed by atoms with van der Waals surface area (Å²) < 4.78 is 7.32. The molecule has 1 aromatic carbocycles. The number of fused-ring (bicyclic) bond motifs is 2. The number of carbonyl (C=O) groups excluding carboxylic acids is 1. The molecule has 4 heterocycles. The van der Waals surface area contributed by atoms with Crippen molar-refractivity contribution in [1.29, 1.82) is 0 Å². The lowest BCUT2D eigenvalue weighted by Gasteiger charge is -2.26. The first kappa shape index (κ1) is 27.7. The summed E-state index contributed by atoms with van der Waals surface area (Å²) in [6.45, 7) is 9.29. The molecule has 1 aliphatic carbocycles. The summed E-state index contributed by atoms with van der Waals surface area (Å²) in [7, 11) is 0. The average molecular weight is 591 g/mol. The van der Waals surface area contributed by atoms with Crippen LogP contribution in [0.2, 0.25) is 5.02 Å². The van der Waals surface area contributed by atoms with Crippen molar-refractivity contribution < 1.29 is 9.53 Å². The Bertz CT molecular complexity index is 1720. The zero-order chi connectivity index (χ0) is 29.1. The number of benzene rings is 1. The molecule has 0 spiro atoms. The first-order valence-corrected chi connectivity index (χ1v) is 15.1. The van der Waals surface area contributed by atoms with Crippen LogP contribution >= 0.6 is 23.4 Å². The fourth-order valence-electron chi connectivity index (χ4n) is 5.71. The van der Waals surface area contributed by atoms with E-state index in [9.17, 15) is 9.59 Å². The number of aromatic nitrogens is 5. The molecule has 41 heavy (non-hydrogen) atoms. The molecule has 2 aliphatic rings. The van der Waals surface area contributed by atoms with Crippen LogP contribution in [-0.4, -0.2) is 60.4 Å². The smallest absolute Gasteiger partial charge is 0.410 e. The van der Waals surface area contributed by atoms with Gasteiger partial charge in [0.2, 0.25) is 0 Å². The van der Waals surface area contributed by atoms with Crippen LogP contribution in [-0.2, 0) is 11.3 Å². The fourth-order valence-corrected chi connectivity index (χ4v) is 6.32. The van der Waals surface area contributed by atoms with Gasteiger partial charge in [-0.05, 0) is 63.8 Å². The molecule has 1 saturated carbocycles. The van der Waals surface area contributed by atoms with Gasteiger partial charge >= 0.3 is 6.09 Å². The highest BCUT2D eigenvalue weighted by Gasteiger charge is 2.57. The Hall–Kier alpha value is -3.50. The van der Waals surface area contributed by atoms with Crippen molar-refractivity contribution in [2.45, 2.75) is 45.0 Å². The van der Waals surface area contributed by atoms with Crippen molar-refractivity contribution in [3.05, 3.63) is 63.9 Å². The van der Waals surface area contributed by atoms with E-state index in [1.165, 1.54) is 11.8 Å². The minimum absolute atomic E-state index is 0.151. The van der Waals surface area contributed by atoms with Gasteiger partial charge in [-0.2, -0.15) is 0 Å². The highest BCUT2D eigenvalue weighted by Crippen LogP contribution is 2.52. The van der Waals surface area contributed by atoms with E-state index in [0.29, 0.717) is 64.1 Å². The van der Waals surface area contributed by atoms with Gasteiger partial charge in [0.25, 0.3) is 5.56 Å². The Morgan fingerprint density at radius 2 is 1.85 bits per heavy atom. The number of aryl methyl sites for hydroxylation is 1. The molecular formula is C30H31ClN6O3S. The number of ether oxygens (including phenoxy) is 1. The highest BCUT2D eigenvalue weighted by molar-refractivity contribution is 7.98. The molecule has 1 aliphatic heterocycles. The third-order valence-electron chi connectivity index (χ3n) is 7.71. The van der Waals surface area contributed by atoms with Gasteiger partial charge in [-0.3, -0.25) is 14.3 Å². The van der Waals surface area contributed by atoms with Crippen molar-refractivity contribution in [3.8, 4) is 22.4 Å². The predicted octanol–water partition coefficient (Wildman–Crippen LogP) is 5.71. The number of piperidine rings is 1. The molecule has 0 bridgehead atoms. The maximum atomic E-state index is 14.1. The molecule has 1 amide bonds. The molecule has 1 saturated heterocycles. The zero-order valence-corrected chi connectivity index (χ0v) is 25.2. The number of halogens is 1. The number of amides is 1. The number of nitrogens with zero attached hydrogens (tertiary/aromatic N) is 6. The van der Waals surface area contributed by atoms with Crippen molar-refractivity contribution in [1.82, 2.24) is 29.4 Å². The number of pyridine rings is 1. The van der Waals surface area contributed by atoms with E-state index in [-0.39, 0.29) is 17.6 Å². The van der Waals surface area contributed by atoms with E-state index in [4.69, 9.17) is 21.3 Å². The molecule has 1 unspecified atom stereocenters. The van der Waals surface area contributed by atoms with E-state index in [2.05, 4.69) is 15.0 Å². The summed E-state index contributed by atoms with van der Waals surface area (Å²) in [4.78, 5) is 46.4. The van der Waals surface area contributed by atoms with Gasteiger partial charge in [0.05, 0.1) is 17.6 Å². The Morgan fingerprint density at radius 1 is 1.10 bits per heavy atom. The summed E-state index contributed by atoms with van der Waals surface area (Å²) in [5, 5.41) is 1.82. The van der Waals surface area contributed by atoms with Crippen molar-refractivity contribution in [2.24, 2.45) is 17.8 Å². The largest absolute Gasteiger partial charge is 0.444 e. The minimum Gasteiger partial charge on any atom is -0.444 e. The fraction of sp³-hybridized carbons (Fsp3) is 0.400. The quantitative estimate of drug-likeness (QED) is 0.215. The summed E-state index contributed by atoms with van der Waals surface area (Å²) in [5.41, 5.74) is 3.40. The first-order chi connectivity index (χ1) is 19.5. The molecule has 3 aromatic heterocycles. The molecule has 4 aromatic rings. The number of likely N-dealkylation sites (tertiary alicyclic amines) is 1. The first-order valence-electron chi connectivity index (χ1n) is 13.5. The molecule has 0 radical (unpaired) electrons. The topological polar surface area (TPSA) is 103 Å². The Kier molecular flexibility index (Phi) is 7.02. The highest BCUT2D eigenvalue weighted by atomic mass is 35.5. The van der Waals surface area contributed by atoms with Gasteiger partial charge in [0.1, 0.15) is 11.2 Å². The summed E-state index contributed by atoms with van der Waals surface area (Å²) in [6.07, 6.45) is 6.79. The summed E-state index contributed by atoms with van der Waals surface area (Å²) in [6, 6.07) is 7.40. The molecular weight excluding hydrogens is 560 g/mol. The summed E-state index contributed by atoms with van der Waals surface area (Å²) >= 11 is 8.22. The van der Waals surface area contributed by atoms with Gasteiger partial charge in [-0.1, -0.05) is 35.5 Å². The zero-order valence-electron chi connectivity index (χ0n) is 23.6. The number of rotatable bonds is 5. The molecule has 9 nitrogen and oxygen atoms in total. The van der Waals surface area contributed by atoms with E-state index >= 15 is 0 Å². The Balaban J connectivity index is 1.33. The monoisotopic (exact) mass is 590 g/mol. The van der Waals surface area contributed by atoms with Crippen molar-refractivity contribution in [2.75, 3.05) is 19.3 Å². The van der Waals surface area contributed by atoms with E-state index < -0.39 is 5.60 Å². The molecule has 0 N–H and O–H groups in total. The van der Waals surface area contributed by atoms with Gasteiger partial charge in [-0.25, -0.2) is 19.7 Å². The maximum Gasteiger partial charge on any atom is 0.410 e. The molecule has 212 valence electrons. The van der Waals surface area contributed by atoms with E-state index in [1.807, 2.05) is 58.2 Å². The number of thioether (sulfide) groups is 1. The number of carbonyl (C=O) groups is 1. The Labute approximate surface area is 247 Å². The van der Waals surface area contributed by atoms with Crippen LogP contribution in [0.1, 0.15) is 26.5 Å². The van der Waals surface area contributed by atoms with Gasteiger partial charge in [-0.15, -0.1) is 0 Å². The number of hydrogen-bond acceptors (Lipinski definition) is 8. The number of hydrogen-bond donors (Lipinski definition) is 0. The minimum atomic E-state index is -0.530. The second-order valence-corrected chi connectivity index (χ2v) is 12.9. The average Bonchev–Trinajstić information content (AvgIpc) is 3.35. The standard InChI is InChI=1S/C30H31ClN6O3S/c1-16-10-32-12-25(34-16)17-6-7-19(24(31)9-17)20-8-18-11-33-28(41-5)35-26(18)37(27(20)38)15-23-21-13-36(14-22(21)23)29(39)40-30(2,3)4/h6-12,21-23H,13-15H2,1-5H3/t21-,22+,23?. The third-order valence-corrected chi connectivity index (χ3v) is 8.59. The van der Waals surface area contributed by atoms with Gasteiger partial charge in [0, 0.05) is 59.1 Å². The lowest BCUT2D eigenvalue weighted by Crippen LogP contribution is -2.37. The second-order valence-electron chi connectivity index (χ2n) is 11.7. The lowest BCUT2D eigenvalue weighted by atomic mass is 10.0. The summed E-state index contributed by atoms with van der Waals surface area (Å²) in [5.74, 6) is 0.928. The molecule has 3 atom stereocenters. The maximum absolute atomic E-state index is 14.1. The molecule has 11 heteroatoms.